The number of aliphatic hydroxyl groups is 1. The minimum Gasteiger partial charge on any atom is -0.495 e. The lowest BCUT2D eigenvalue weighted by Crippen LogP contribution is -2.58. The van der Waals surface area contributed by atoms with Gasteiger partial charge in [0.15, 0.2) is 5.60 Å². The molecule has 0 saturated heterocycles. The first-order valence-electron chi connectivity index (χ1n) is 10.6. The van der Waals surface area contributed by atoms with Gasteiger partial charge in [0.05, 0.1) is 23.7 Å². The fourth-order valence-corrected chi connectivity index (χ4v) is 5.18. The highest BCUT2D eigenvalue weighted by molar-refractivity contribution is 6.33. The van der Waals surface area contributed by atoms with Crippen molar-refractivity contribution >= 4 is 28.2 Å². The van der Waals surface area contributed by atoms with Crippen molar-refractivity contribution in [2.75, 3.05) is 12.4 Å². The number of anilines is 1. The van der Waals surface area contributed by atoms with Crippen LogP contribution in [0.5, 0.6) is 5.75 Å². The smallest absolute Gasteiger partial charge is 0.419 e. The van der Waals surface area contributed by atoms with Crippen LogP contribution in [0.3, 0.4) is 0 Å². The Labute approximate surface area is 199 Å². The van der Waals surface area contributed by atoms with Gasteiger partial charge in [-0.2, -0.15) is 13.2 Å². The molecule has 34 heavy (non-hydrogen) atoms. The Kier molecular flexibility index (Phi) is 5.72. The first-order valence-corrected chi connectivity index (χ1v) is 10.9. The van der Waals surface area contributed by atoms with Crippen LogP contribution in [0, 0.1) is 19.7 Å². The van der Waals surface area contributed by atoms with E-state index in [4.69, 9.17) is 16.3 Å². The summed E-state index contributed by atoms with van der Waals surface area (Å²) >= 11 is 6.44. The minimum absolute atomic E-state index is 0.0277. The van der Waals surface area contributed by atoms with E-state index in [9.17, 15) is 22.7 Å². The van der Waals surface area contributed by atoms with E-state index >= 15 is 0 Å². The minimum atomic E-state index is -5.00. The lowest BCUT2D eigenvalue weighted by Gasteiger charge is -2.49. The summed E-state index contributed by atoms with van der Waals surface area (Å²) in [6, 6.07) is 2.07. The molecule has 0 fully saturated rings. The van der Waals surface area contributed by atoms with Crippen molar-refractivity contribution in [3.8, 4) is 5.75 Å². The molecule has 5 nitrogen and oxygen atoms in total. The fourth-order valence-electron chi connectivity index (χ4n) is 4.96. The molecule has 1 aliphatic rings. The predicted octanol–water partition coefficient (Wildman–Crippen LogP) is 6.18. The van der Waals surface area contributed by atoms with Crippen molar-refractivity contribution < 1.29 is 27.4 Å². The van der Waals surface area contributed by atoms with Crippen LogP contribution in [0.25, 0.3) is 10.9 Å². The van der Waals surface area contributed by atoms with Crippen LogP contribution in [0.2, 0.25) is 5.02 Å². The molecule has 1 aromatic heterocycles. The third-order valence-electron chi connectivity index (χ3n) is 6.39. The lowest BCUT2D eigenvalue weighted by molar-refractivity contribution is -0.275. The van der Waals surface area contributed by atoms with Gasteiger partial charge in [0.25, 0.3) is 0 Å². The normalized spacial score (nSPS) is 21.9. The van der Waals surface area contributed by atoms with E-state index in [1.165, 1.54) is 25.4 Å². The molecule has 2 unspecified atom stereocenters. The van der Waals surface area contributed by atoms with Gasteiger partial charge in [0, 0.05) is 28.9 Å². The van der Waals surface area contributed by atoms with E-state index in [1.807, 2.05) is 0 Å². The Morgan fingerprint density at radius 2 is 1.88 bits per heavy atom. The zero-order valence-corrected chi connectivity index (χ0v) is 20.0. The maximum absolute atomic E-state index is 14.5. The molecule has 0 amide bonds. The third kappa shape index (κ3) is 3.75. The van der Waals surface area contributed by atoms with Crippen LogP contribution in [0.1, 0.15) is 48.8 Å². The molecule has 0 radical (unpaired) electrons. The van der Waals surface area contributed by atoms with E-state index in [0.717, 1.165) is 6.07 Å². The van der Waals surface area contributed by atoms with Gasteiger partial charge in [-0.15, -0.1) is 0 Å². The predicted molar refractivity (Wildman–Crippen MR) is 122 cm³/mol. The molecule has 2 N–H and O–H groups in total. The summed E-state index contributed by atoms with van der Waals surface area (Å²) in [5.41, 5.74) is -2.98. The summed E-state index contributed by atoms with van der Waals surface area (Å²) in [4.78, 5) is 8.28. The number of benzene rings is 2. The quantitative estimate of drug-likeness (QED) is 0.423. The number of halogens is 5. The highest BCUT2D eigenvalue weighted by atomic mass is 35.5. The molecule has 3 aromatic rings. The van der Waals surface area contributed by atoms with Crippen LogP contribution < -0.4 is 10.1 Å². The van der Waals surface area contributed by atoms with Gasteiger partial charge < -0.3 is 15.2 Å². The van der Waals surface area contributed by atoms with Crippen LogP contribution in [0.15, 0.2) is 24.4 Å². The van der Waals surface area contributed by atoms with E-state index in [0.29, 0.717) is 22.3 Å². The maximum atomic E-state index is 14.5. The van der Waals surface area contributed by atoms with Crippen LogP contribution in [0.4, 0.5) is 23.2 Å². The number of nitrogens with zero attached hydrogens (tertiary/aromatic N) is 2. The largest absolute Gasteiger partial charge is 0.495 e. The molecule has 1 heterocycles. The molecule has 2 aromatic carbocycles. The number of fused-ring (bicyclic) bond motifs is 2. The molecule has 182 valence electrons. The van der Waals surface area contributed by atoms with Gasteiger partial charge >= 0.3 is 6.18 Å². The first-order chi connectivity index (χ1) is 15.7. The van der Waals surface area contributed by atoms with Gasteiger partial charge in [-0.1, -0.05) is 31.5 Å². The van der Waals surface area contributed by atoms with E-state index < -0.39 is 35.5 Å². The van der Waals surface area contributed by atoms with Crippen LogP contribution >= 0.6 is 11.6 Å². The lowest BCUT2D eigenvalue weighted by atomic mass is 9.63. The first kappa shape index (κ1) is 24.5. The second-order valence-corrected chi connectivity index (χ2v) is 9.75. The Hall–Kier alpha value is -2.65. The summed E-state index contributed by atoms with van der Waals surface area (Å²) in [6.07, 6.45) is -4.27. The summed E-state index contributed by atoms with van der Waals surface area (Å²) in [6.45, 7) is 6.46. The SMILES string of the molecule is COc1c(Cl)c(C)cc2c1C(C)(C)CC(O)(C(F)(F)F)C2Nc1cc(F)cc2nc(C)ncc12. The van der Waals surface area contributed by atoms with Gasteiger partial charge in [-0.3, -0.25) is 0 Å². The van der Waals surface area contributed by atoms with Gasteiger partial charge in [0.1, 0.15) is 17.4 Å². The number of aryl methyl sites for hydroxylation is 2. The average molecular weight is 498 g/mol. The Bertz CT molecular complexity index is 1290. The molecule has 2 atom stereocenters. The standard InChI is InChI=1S/C24H24ClF4N3O2/c1-11-6-14-18(20(34-5)19(11)25)22(3,4)10-23(33,24(27,28)29)21(14)32-17-8-13(26)7-16-15(17)9-30-12(2)31-16/h6-9,21,32-33H,10H2,1-5H3. The topological polar surface area (TPSA) is 67.3 Å². The van der Waals surface area contributed by atoms with Crippen molar-refractivity contribution in [3.63, 3.8) is 0 Å². The molecule has 0 aliphatic heterocycles. The highest BCUT2D eigenvalue weighted by Crippen LogP contribution is 2.58. The Morgan fingerprint density at radius 1 is 1.21 bits per heavy atom. The Balaban J connectivity index is 2.02. The zero-order chi connectivity index (χ0) is 25.2. The second-order valence-electron chi connectivity index (χ2n) is 9.37. The summed E-state index contributed by atoms with van der Waals surface area (Å²) < 4.78 is 63.4. The fraction of sp³-hybridized carbons (Fsp3) is 0.417. The van der Waals surface area contributed by atoms with E-state index in [2.05, 4.69) is 15.3 Å². The average Bonchev–Trinajstić information content (AvgIpc) is 2.70. The zero-order valence-electron chi connectivity index (χ0n) is 19.2. The second kappa shape index (κ2) is 7.95. The van der Waals surface area contributed by atoms with Crippen molar-refractivity contribution in [3.05, 3.63) is 57.8 Å². The van der Waals surface area contributed by atoms with E-state index in [1.54, 1.807) is 27.7 Å². The van der Waals surface area contributed by atoms with Crippen molar-refractivity contribution in [1.29, 1.82) is 0 Å². The number of hydrogen-bond acceptors (Lipinski definition) is 5. The number of aromatic nitrogens is 2. The number of ether oxygens (including phenoxy) is 1. The number of rotatable bonds is 3. The molecule has 4 rings (SSSR count). The molecular formula is C24H24ClF4N3O2. The summed E-state index contributed by atoms with van der Waals surface area (Å²) in [7, 11) is 1.39. The number of hydrogen-bond donors (Lipinski definition) is 2. The Morgan fingerprint density at radius 3 is 2.50 bits per heavy atom. The van der Waals surface area contributed by atoms with Crippen molar-refractivity contribution in [2.24, 2.45) is 0 Å². The summed E-state index contributed by atoms with van der Waals surface area (Å²) in [5, 5.41) is 14.6. The van der Waals surface area contributed by atoms with Gasteiger partial charge in [-0.05, 0) is 42.9 Å². The number of alkyl halides is 3. The van der Waals surface area contributed by atoms with Crippen LogP contribution in [-0.4, -0.2) is 34.0 Å². The van der Waals surface area contributed by atoms with E-state index in [-0.39, 0.29) is 27.5 Å². The van der Waals surface area contributed by atoms with Crippen molar-refractivity contribution in [1.82, 2.24) is 9.97 Å². The monoisotopic (exact) mass is 497 g/mol. The molecule has 0 saturated carbocycles. The number of nitrogens with one attached hydrogen (secondary N) is 1. The molecule has 10 heteroatoms. The molecule has 0 spiro atoms. The third-order valence-corrected chi connectivity index (χ3v) is 6.86. The van der Waals surface area contributed by atoms with Gasteiger partial charge in [-0.25, -0.2) is 14.4 Å². The van der Waals surface area contributed by atoms with Crippen LogP contribution in [-0.2, 0) is 5.41 Å². The maximum Gasteiger partial charge on any atom is 0.419 e. The number of methoxy groups -OCH3 is 1. The highest BCUT2D eigenvalue weighted by Gasteiger charge is 2.64. The van der Waals surface area contributed by atoms with Gasteiger partial charge in [0.2, 0.25) is 0 Å². The summed E-state index contributed by atoms with van der Waals surface area (Å²) in [5.74, 6) is -0.0544. The van der Waals surface area contributed by atoms with Crippen molar-refractivity contribution in [2.45, 2.75) is 57.3 Å². The molecule has 0 bridgehead atoms. The molecule has 1 aliphatic carbocycles. The molecular weight excluding hydrogens is 474 g/mol.